The van der Waals surface area contributed by atoms with E-state index in [2.05, 4.69) is 26.7 Å². The summed E-state index contributed by atoms with van der Waals surface area (Å²) in [5, 5.41) is 0. The average molecular weight is 344 g/mol. The number of ether oxygens (including phenoxy) is 1. The van der Waals surface area contributed by atoms with Gasteiger partial charge in [0.05, 0.1) is 12.1 Å². The van der Waals surface area contributed by atoms with Gasteiger partial charge in [0.1, 0.15) is 0 Å². The Hall–Kier alpha value is -1.69. The molecule has 0 bridgehead atoms. The Labute approximate surface area is 149 Å². The number of hydrogen-bond acceptors (Lipinski definition) is 5. The summed E-state index contributed by atoms with van der Waals surface area (Å²) in [4.78, 5) is 26.2. The largest absolute Gasteiger partial charge is 0.381 e. The number of hydrogen-bond donors (Lipinski definition) is 0. The van der Waals surface area contributed by atoms with E-state index in [0.717, 1.165) is 64.4 Å². The van der Waals surface area contributed by atoms with Crippen molar-refractivity contribution in [2.45, 2.75) is 57.5 Å². The number of piperidine rings is 1. The van der Waals surface area contributed by atoms with Crippen LogP contribution in [0.3, 0.4) is 0 Å². The fraction of sp³-hybridized carbons (Fsp3) is 0.737. The Bertz CT molecular complexity index is 600. The Morgan fingerprint density at radius 2 is 1.88 bits per heavy atom. The van der Waals surface area contributed by atoms with Crippen LogP contribution in [0, 0.1) is 5.92 Å². The first-order chi connectivity index (χ1) is 12.3. The fourth-order valence-electron chi connectivity index (χ4n) is 4.52. The zero-order valence-electron chi connectivity index (χ0n) is 15.1. The van der Waals surface area contributed by atoms with Crippen LogP contribution in [-0.2, 0) is 16.0 Å². The smallest absolute Gasteiger partial charge is 0.225 e. The van der Waals surface area contributed by atoms with E-state index in [4.69, 9.17) is 4.74 Å². The molecule has 0 spiro atoms. The minimum absolute atomic E-state index is 0.318. The van der Waals surface area contributed by atoms with Crippen LogP contribution in [0.1, 0.15) is 44.6 Å². The first-order valence-electron chi connectivity index (χ1n) is 9.71. The summed E-state index contributed by atoms with van der Waals surface area (Å²) >= 11 is 0. The number of likely N-dealkylation sites (tertiary alicyclic amines) is 1. The van der Waals surface area contributed by atoms with Crippen LogP contribution in [0.5, 0.6) is 0 Å². The lowest BCUT2D eigenvalue weighted by Gasteiger charge is -2.41. The number of aryl methyl sites for hydroxylation is 1. The van der Waals surface area contributed by atoms with Gasteiger partial charge in [0.25, 0.3) is 0 Å². The van der Waals surface area contributed by atoms with Gasteiger partial charge in [-0.15, -0.1) is 0 Å². The minimum atomic E-state index is 0.318. The summed E-state index contributed by atoms with van der Waals surface area (Å²) < 4.78 is 5.47. The molecule has 1 aromatic heterocycles. The second-order valence-electron chi connectivity index (χ2n) is 7.50. The molecule has 1 aromatic rings. The number of rotatable bonds is 4. The molecule has 1 amide bonds. The molecule has 3 aliphatic heterocycles. The number of nitrogens with zero attached hydrogens (tertiary/aromatic N) is 4. The van der Waals surface area contributed by atoms with Crippen LogP contribution in [0.4, 0.5) is 5.95 Å². The number of carbonyl (C=O) groups excluding carboxylic acids is 1. The molecule has 136 valence electrons. The lowest BCUT2D eigenvalue weighted by Crippen LogP contribution is -2.54. The third-order valence-electron chi connectivity index (χ3n) is 6.04. The van der Waals surface area contributed by atoms with Crippen molar-refractivity contribution < 1.29 is 9.53 Å². The molecule has 0 aliphatic carbocycles. The van der Waals surface area contributed by atoms with Gasteiger partial charge < -0.3 is 14.5 Å². The summed E-state index contributed by atoms with van der Waals surface area (Å²) in [6.07, 6.45) is 9.57. The van der Waals surface area contributed by atoms with E-state index >= 15 is 0 Å². The molecule has 4 heterocycles. The predicted octanol–water partition coefficient (Wildman–Crippen LogP) is 2.04. The molecule has 3 fully saturated rings. The van der Waals surface area contributed by atoms with Crippen LogP contribution < -0.4 is 4.90 Å². The summed E-state index contributed by atoms with van der Waals surface area (Å²) in [6.45, 7) is 5.63. The number of amides is 1. The highest BCUT2D eigenvalue weighted by atomic mass is 16.5. The van der Waals surface area contributed by atoms with Crippen molar-refractivity contribution in [1.29, 1.82) is 0 Å². The molecule has 3 aliphatic rings. The van der Waals surface area contributed by atoms with Crippen molar-refractivity contribution >= 4 is 11.9 Å². The SMILES string of the molecule is CCc1cnc(N2CC[C@@H]3[C@H]2CCC(=O)N3CC2CCOCC2)nc1. The zero-order valence-corrected chi connectivity index (χ0v) is 15.1. The first-order valence-corrected chi connectivity index (χ1v) is 9.71. The van der Waals surface area contributed by atoms with Crippen LogP contribution in [0.25, 0.3) is 0 Å². The second-order valence-corrected chi connectivity index (χ2v) is 7.50. The van der Waals surface area contributed by atoms with E-state index < -0.39 is 0 Å². The lowest BCUT2D eigenvalue weighted by molar-refractivity contribution is -0.137. The summed E-state index contributed by atoms with van der Waals surface area (Å²) in [5.41, 5.74) is 1.17. The van der Waals surface area contributed by atoms with E-state index in [1.165, 1.54) is 5.56 Å². The Morgan fingerprint density at radius 1 is 1.12 bits per heavy atom. The van der Waals surface area contributed by atoms with Crippen molar-refractivity contribution in [2.75, 3.05) is 31.2 Å². The quantitative estimate of drug-likeness (QED) is 0.836. The molecular formula is C19H28N4O2. The van der Waals surface area contributed by atoms with Crippen LogP contribution >= 0.6 is 0 Å². The normalized spacial score (nSPS) is 27.6. The molecule has 0 unspecified atom stereocenters. The van der Waals surface area contributed by atoms with Crippen molar-refractivity contribution in [3.63, 3.8) is 0 Å². The van der Waals surface area contributed by atoms with Crippen molar-refractivity contribution in [1.82, 2.24) is 14.9 Å². The third-order valence-corrected chi connectivity index (χ3v) is 6.04. The Morgan fingerprint density at radius 3 is 2.60 bits per heavy atom. The van der Waals surface area contributed by atoms with Crippen molar-refractivity contribution in [2.24, 2.45) is 5.92 Å². The molecule has 0 aromatic carbocycles. The first kappa shape index (κ1) is 16.8. The molecule has 0 saturated carbocycles. The number of fused-ring (bicyclic) bond motifs is 1. The lowest BCUT2D eigenvalue weighted by atomic mass is 9.92. The summed E-state index contributed by atoms with van der Waals surface area (Å²) in [7, 11) is 0. The van der Waals surface area contributed by atoms with Crippen LogP contribution in [0.2, 0.25) is 0 Å². The topological polar surface area (TPSA) is 58.6 Å². The predicted molar refractivity (Wildman–Crippen MR) is 95.4 cm³/mol. The molecule has 0 N–H and O–H groups in total. The molecule has 6 heteroatoms. The van der Waals surface area contributed by atoms with E-state index in [9.17, 15) is 4.79 Å². The number of carbonyl (C=O) groups is 1. The van der Waals surface area contributed by atoms with Gasteiger partial charge in [0.2, 0.25) is 11.9 Å². The van der Waals surface area contributed by atoms with E-state index in [1.807, 2.05) is 12.4 Å². The van der Waals surface area contributed by atoms with Gasteiger partial charge in [-0.3, -0.25) is 4.79 Å². The van der Waals surface area contributed by atoms with Gasteiger partial charge in [0.15, 0.2) is 0 Å². The van der Waals surface area contributed by atoms with E-state index in [-0.39, 0.29) is 0 Å². The summed E-state index contributed by atoms with van der Waals surface area (Å²) in [6, 6.07) is 0.684. The van der Waals surface area contributed by atoms with Gasteiger partial charge >= 0.3 is 0 Å². The Balaban J connectivity index is 1.48. The van der Waals surface area contributed by atoms with Gasteiger partial charge in [-0.1, -0.05) is 6.92 Å². The molecular weight excluding hydrogens is 316 g/mol. The fourth-order valence-corrected chi connectivity index (χ4v) is 4.52. The van der Waals surface area contributed by atoms with E-state index in [1.54, 1.807) is 0 Å². The number of anilines is 1. The zero-order chi connectivity index (χ0) is 17.2. The van der Waals surface area contributed by atoms with Gasteiger partial charge in [-0.25, -0.2) is 9.97 Å². The van der Waals surface area contributed by atoms with Gasteiger partial charge in [-0.2, -0.15) is 0 Å². The van der Waals surface area contributed by atoms with Gasteiger partial charge in [-0.05, 0) is 43.6 Å². The maximum absolute atomic E-state index is 12.6. The highest BCUT2D eigenvalue weighted by Gasteiger charge is 2.44. The average Bonchev–Trinajstić information content (AvgIpc) is 3.09. The Kier molecular flexibility index (Phi) is 4.88. The highest BCUT2D eigenvalue weighted by molar-refractivity contribution is 5.78. The van der Waals surface area contributed by atoms with Gasteiger partial charge in [0, 0.05) is 45.1 Å². The third kappa shape index (κ3) is 3.36. The monoisotopic (exact) mass is 344 g/mol. The maximum atomic E-state index is 12.6. The molecule has 2 atom stereocenters. The minimum Gasteiger partial charge on any atom is -0.381 e. The van der Waals surface area contributed by atoms with Crippen molar-refractivity contribution in [3.05, 3.63) is 18.0 Å². The highest BCUT2D eigenvalue weighted by Crippen LogP contribution is 2.34. The molecule has 25 heavy (non-hydrogen) atoms. The van der Waals surface area contributed by atoms with Crippen LogP contribution in [-0.4, -0.2) is 59.2 Å². The standard InChI is InChI=1S/C19H28N4O2/c1-2-14-11-20-19(21-12-14)22-8-5-17-16(22)3-4-18(24)23(17)13-15-6-9-25-10-7-15/h11-12,15-17H,2-10,13H2,1H3/t16-,17-/m1/s1. The molecule has 3 saturated heterocycles. The van der Waals surface area contributed by atoms with E-state index in [0.29, 0.717) is 30.3 Å². The number of aromatic nitrogens is 2. The maximum Gasteiger partial charge on any atom is 0.225 e. The van der Waals surface area contributed by atoms with Crippen molar-refractivity contribution in [3.8, 4) is 0 Å². The van der Waals surface area contributed by atoms with Crippen LogP contribution in [0.15, 0.2) is 12.4 Å². The summed E-state index contributed by atoms with van der Waals surface area (Å²) in [5.74, 6) is 1.74. The molecule has 6 nitrogen and oxygen atoms in total. The molecule has 4 rings (SSSR count). The molecule has 0 radical (unpaired) electrons. The second kappa shape index (κ2) is 7.28.